The predicted octanol–water partition coefficient (Wildman–Crippen LogP) is 7.01. The average molecular weight is 417 g/mol. The second kappa shape index (κ2) is 8.54. The minimum Gasteiger partial charge on any atom is -0.393 e. The normalized spacial score (nSPS) is 46.7. The number of methoxy groups -OCH3 is 1. The summed E-state index contributed by atoms with van der Waals surface area (Å²) in [5.41, 5.74) is 2.29. The Morgan fingerprint density at radius 2 is 1.80 bits per heavy atom. The Morgan fingerprint density at radius 3 is 2.50 bits per heavy atom. The highest BCUT2D eigenvalue weighted by Gasteiger charge is 2.61. The Labute approximate surface area is 186 Å². The van der Waals surface area contributed by atoms with Crippen LogP contribution in [0.2, 0.25) is 0 Å². The molecule has 0 spiro atoms. The number of hydrogen-bond acceptors (Lipinski definition) is 2. The third-order valence-corrected chi connectivity index (χ3v) is 10.6. The van der Waals surface area contributed by atoms with E-state index >= 15 is 0 Å². The molecule has 4 aliphatic carbocycles. The van der Waals surface area contributed by atoms with Gasteiger partial charge in [0, 0.05) is 7.11 Å². The van der Waals surface area contributed by atoms with Crippen LogP contribution in [0.25, 0.3) is 0 Å². The van der Waals surface area contributed by atoms with Gasteiger partial charge in [0.25, 0.3) is 0 Å². The standard InChI is InChI=1S/C28H48O2/c1-18(2)8-7-9-19(3)22-10-11-23-26-24(13-15-28(22,23)5)27(4)14-12-21(29)16-20(27)17-25(26)30-6/h17-19,21-26,29H,7-16H2,1-6H3/t19-,21+,22-,23+,24+,25-,26+,27+,28-/m1/s1. The van der Waals surface area contributed by atoms with Gasteiger partial charge in [0.2, 0.25) is 0 Å². The van der Waals surface area contributed by atoms with Gasteiger partial charge in [0.15, 0.2) is 0 Å². The van der Waals surface area contributed by atoms with Crippen molar-refractivity contribution >= 4 is 0 Å². The topological polar surface area (TPSA) is 29.5 Å². The van der Waals surface area contributed by atoms with E-state index in [1.165, 1.54) is 50.5 Å². The highest BCUT2D eigenvalue weighted by Crippen LogP contribution is 2.67. The van der Waals surface area contributed by atoms with E-state index in [-0.39, 0.29) is 12.2 Å². The molecule has 0 aliphatic heterocycles. The second-order valence-corrected chi connectivity index (χ2v) is 12.5. The lowest BCUT2D eigenvalue weighted by atomic mass is 9.46. The molecule has 0 radical (unpaired) electrons. The molecule has 4 rings (SSSR count). The Hall–Kier alpha value is -0.340. The molecule has 9 atom stereocenters. The summed E-state index contributed by atoms with van der Waals surface area (Å²) in [5, 5.41) is 10.3. The lowest BCUT2D eigenvalue weighted by Crippen LogP contribution is -2.55. The number of aliphatic hydroxyl groups excluding tert-OH is 1. The quantitative estimate of drug-likeness (QED) is 0.472. The molecule has 2 heteroatoms. The van der Waals surface area contributed by atoms with Crippen molar-refractivity contribution in [1.82, 2.24) is 0 Å². The van der Waals surface area contributed by atoms with Crippen molar-refractivity contribution in [3.8, 4) is 0 Å². The summed E-state index contributed by atoms with van der Waals surface area (Å²) in [5.74, 6) is 4.79. The zero-order valence-electron chi connectivity index (χ0n) is 20.6. The van der Waals surface area contributed by atoms with E-state index in [0.717, 1.165) is 48.9 Å². The monoisotopic (exact) mass is 416 g/mol. The van der Waals surface area contributed by atoms with Crippen LogP contribution >= 0.6 is 0 Å². The Kier molecular flexibility index (Phi) is 6.50. The fourth-order valence-corrected chi connectivity index (χ4v) is 8.85. The molecular weight excluding hydrogens is 368 g/mol. The van der Waals surface area contributed by atoms with Crippen LogP contribution in [0.5, 0.6) is 0 Å². The van der Waals surface area contributed by atoms with Crippen LogP contribution < -0.4 is 0 Å². The van der Waals surface area contributed by atoms with Crippen LogP contribution in [-0.4, -0.2) is 24.4 Å². The van der Waals surface area contributed by atoms with Crippen molar-refractivity contribution in [3.05, 3.63) is 11.6 Å². The van der Waals surface area contributed by atoms with Crippen molar-refractivity contribution in [1.29, 1.82) is 0 Å². The van der Waals surface area contributed by atoms with Crippen LogP contribution in [-0.2, 0) is 4.74 Å². The molecular formula is C28H48O2. The third-order valence-electron chi connectivity index (χ3n) is 10.6. The van der Waals surface area contributed by atoms with E-state index in [1.807, 2.05) is 7.11 Å². The summed E-state index contributed by atoms with van der Waals surface area (Å²) in [7, 11) is 1.92. The first-order valence-electron chi connectivity index (χ1n) is 13.1. The molecule has 0 saturated heterocycles. The molecule has 172 valence electrons. The SMILES string of the molecule is CO[C@@H]1C=C2C[C@@H](O)CC[C@]2(C)[C@H]2CC[C@]3(C)[C@@H]([C@H](C)CCCC(C)C)CC[C@H]3[C@H]12. The van der Waals surface area contributed by atoms with Crippen LogP contribution in [0.15, 0.2) is 11.6 Å². The molecule has 30 heavy (non-hydrogen) atoms. The minimum absolute atomic E-state index is 0.144. The molecule has 0 heterocycles. The van der Waals surface area contributed by atoms with Crippen LogP contribution in [0, 0.1) is 46.3 Å². The van der Waals surface area contributed by atoms with Crippen molar-refractivity contribution in [3.63, 3.8) is 0 Å². The van der Waals surface area contributed by atoms with Gasteiger partial charge in [-0.1, -0.05) is 65.5 Å². The molecule has 0 unspecified atom stereocenters. The molecule has 3 saturated carbocycles. The zero-order chi connectivity index (χ0) is 21.7. The van der Waals surface area contributed by atoms with E-state index in [4.69, 9.17) is 4.74 Å². The van der Waals surface area contributed by atoms with Crippen LogP contribution in [0.4, 0.5) is 0 Å². The smallest absolute Gasteiger partial charge is 0.0788 e. The van der Waals surface area contributed by atoms with Crippen LogP contribution in [0.1, 0.15) is 98.8 Å². The van der Waals surface area contributed by atoms with Gasteiger partial charge in [0.1, 0.15) is 0 Å². The molecule has 0 aromatic heterocycles. The van der Waals surface area contributed by atoms with Crippen molar-refractivity contribution < 1.29 is 9.84 Å². The summed E-state index contributed by atoms with van der Waals surface area (Å²) in [6, 6.07) is 0. The van der Waals surface area contributed by atoms with Gasteiger partial charge in [-0.05, 0) is 91.3 Å². The maximum absolute atomic E-state index is 10.3. The third kappa shape index (κ3) is 3.72. The highest BCUT2D eigenvalue weighted by molar-refractivity contribution is 5.28. The van der Waals surface area contributed by atoms with E-state index in [0.29, 0.717) is 16.7 Å². The fourth-order valence-electron chi connectivity index (χ4n) is 8.85. The van der Waals surface area contributed by atoms with Gasteiger partial charge in [-0.2, -0.15) is 0 Å². The van der Waals surface area contributed by atoms with Gasteiger partial charge in [-0.25, -0.2) is 0 Å². The molecule has 0 amide bonds. The largest absolute Gasteiger partial charge is 0.393 e. The number of rotatable bonds is 6. The maximum Gasteiger partial charge on any atom is 0.0788 e. The molecule has 3 fully saturated rings. The highest BCUT2D eigenvalue weighted by atomic mass is 16.5. The number of aliphatic hydroxyl groups is 1. The molecule has 2 nitrogen and oxygen atoms in total. The van der Waals surface area contributed by atoms with E-state index in [1.54, 1.807) is 0 Å². The Balaban J connectivity index is 1.56. The molecule has 0 aromatic carbocycles. The molecule has 4 aliphatic rings. The second-order valence-electron chi connectivity index (χ2n) is 12.5. The van der Waals surface area contributed by atoms with E-state index < -0.39 is 0 Å². The summed E-state index contributed by atoms with van der Waals surface area (Å²) in [4.78, 5) is 0. The minimum atomic E-state index is -0.144. The van der Waals surface area contributed by atoms with E-state index in [9.17, 15) is 5.11 Å². The van der Waals surface area contributed by atoms with Crippen molar-refractivity contribution in [2.75, 3.05) is 7.11 Å². The van der Waals surface area contributed by atoms with Gasteiger partial charge in [-0.15, -0.1) is 0 Å². The van der Waals surface area contributed by atoms with Gasteiger partial charge in [-0.3, -0.25) is 0 Å². The predicted molar refractivity (Wildman–Crippen MR) is 125 cm³/mol. The summed E-state index contributed by atoms with van der Waals surface area (Å²) >= 11 is 0. The summed E-state index contributed by atoms with van der Waals surface area (Å²) < 4.78 is 6.17. The first-order valence-corrected chi connectivity index (χ1v) is 13.1. The lowest BCUT2D eigenvalue weighted by molar-refractivity contribution is -0.106. The van der Waals surface area contributed by atoms with Gasteiger partial charge in [0.05, 0.1) is 12.2 Å². The number of hydrogen-bond donors (Lipinski definition) is 1. The molecule has 0 bridgehead atoms. The maximum atomic E-state index is 10.3. The first kappa shape index (κ1) is 22.8. The summed E-state index contributed by atoms with van der Waals surface area (Å²) in [6.07, 6.45) is 15.4. The van der Waals surface area contributed by atoms with Crippen LogP contribution in [0.3, 0.4) is 0 Å². The molecule has 0 aromatic rings. The Bertz CT molecular complexity index is 639. The van der Waals surface area contributed by atoms with Gasteiger partial charge < -0.3 is 9.84 Å². The average Bonchev–Trinajstić information content (AvgIpc) is 3.05. The lowest BCUT2D eigenvalue weighted by Gasteiger charge is -2.60. The van der Waals surface area contributed by atoms with E-state index in [2.05, 4.69) is 40.7 Å². The number of ether oxygens (including phenoxy) is 1. The Morgan fingerprint density at radius 1 is 1.03 bits per heavy atom. The van der Waals surface area contributed by atoms with Crippen molar-refractivity contribution in [2.24, 2.45) is 46.3 Å². The number of fused-ring (bicyclic) bond motifs is 5. The van der Waals surface area contributed by atoms with Gasteiger partial charge >= 0.3 is 0 Å². The van der Waals surface area contributed by atoms with Crippen molar-refractivity contribution in [2.45, 2.75) is 111 Å². The summed E-state index contributed by atoms with van der Waals surface area (Å²) in [6.45, 7) is 12.5. The first-order chi connectivity index (χ1) is 14.2. The molecule has 1 N–H and O–H groups in total. The zero-order valence-corrected chi connectivity index (χ0v) is 20.6. The fraction of sp³-hybridized carbons (Fsp3) is 0.929.